The van der Waals surface area contributed by atoms with E-state index in [-0.39, 0.29) is 5.69 Å². The van der Waals surface area contributed by atoms with Gasteiger partial charge in [-0.3, -0.25) is 4.57 Å². The molecular weight excluding hydrogens is 438 g/mol. The standard InChI is InChI=1S/C27H31N7O/c1-3-5-7-8-11-19-34-27(35)33(25(30-34)14-6-4-2)20-21-15-17-22(18-16-21)23-12-9-10-13-24(23)26-28-31-32-29-26/h2,9-10,12-13,15-18H,3,5-8,11,14,19-20H2,1H3,(H,28,29,31,32). The number of hydrogen-bond donors (Lipinski definition) is 1. The van der Waals surface area contributed by atoms with Crippen molar-refractivity contribution in [2.75, 3.05) is 0 Å². The summed E-state index contributed by atoms with van der Waals surface area (Å²) >= 11 is 0. The summed E-state index contributed by atoms with van der Waals surface area (Å²) in [7, 11) is 0. The molecule has 2 heterocycles. The van der Waals surface area contributed by atoms with Crippen LogP contribution in [-0.4, -0.2) is 35.0 Å². The van der Waals surface area contributed by atoms with E-state index in [1.54, 1.807) is 9.25 Å². The number of rotatable bonds is 12. The Morgan fingerprint density at radius 1 is 1.00 bits per heavy atom. The normalized spacial score (nSPS) is 11.0. The summed E-state index contributed by atoms with van der Waals surface area (Å²) in [6.45, 7) is 3.30. The van der Waals surface area contributed by atoms with E-state index in [4.69, 9.17) is 6.42 Å². The van der Waals surface area contributed by atoms with Crippen LogP contribution in [0.1, 0.15) is 56.8 Å². The highest BCUT2D eigenvalue weighted by atomic mass is 16.2. The van der Waals surface area contributed by atoms with Gasteiger partial charge >= 0.3 is 5.69 Å². The Labute approximate surface area is 205 Å². The third-order valence-corrected chi connectivity index (χ3v) is 6.10. The fourth-order valence-electron chi connectivity index (χ4n) is 4.21. The molecule has 0 aliphatic carbocycles. The van der Waals surface area contributed by atoms with Gasteiger partial charge in [0, 0.05) is 24.9 Å². The maximum absolute atomic E-state index is 13.1. The van der Waals surface area contributed by atoms with Gasteiger partial charge in [0.1, 0.15) is 5.82 Å². The Morgan fingerprint density at radius 3 is 2.49 bits per heavy atom. The monoisotopic (exact) mass is 469 g/mol. The molecule has 0 aliphatic rings. The minimum absolute atomic E-state index is 0.0697. The number of tetrazole rings is 1. The molecular formula is C27H31N7O. The number of aryl methyl sites for hydroxylation is 2. The largest absolute Gasteiger partial charge is 0.346 e. The summed E-state index contributed by atoms with van der Waals surface area (Å²) < 4.78 is 3.36. The number of terminal acetylenes is 1. The van der Waals surface area contributed by atoms with Crippen LogP contribution in [0.25, 0.3) is 22.5 Å². The van der Waals surface area contributed by atoms with E-state index >= 15 is 0 Å². The molecule has 2 aromatic heterocycles. The molecule has 0 amide bonds. The van der Waals surface area contributed by atoms with Crippen LogP contribution in [-0.2, 0) is 19.5 Å². The van der Waals surface area contributed by atoms with Gasteiger partial charge in [0.15, 0.2) is 5.82 Å². The van der Waals surface area contributed by atoms with Gasteiger partial charge in [0.25, 0.3) is 0 Å². The van der Waals surface area contributed by atoms with Crippen molar-refractivity contribution in [1.29, 1.82) is 0 Å². The minimum Gasteiger partial charge on any atom is -0.274 e. The lowest BCUT2D eigenvalue weighted by Crippen LogP contribution is -2.26. The molecule has 8 heteroatoms. The lowest BCUT2D eigenvalue weighted by Gasteiger charge is -2.09. The first-order valence-electron chi connectivity index (χ1n) is 12.2. The summed E-state index contributed by atoms with van der Waals surface area (Å²) in [5, 5.41) is 18.9. The maximum atomic E-state index is 13.1. The number of hydrogen-bond acceptors (Lipinski definition) is 5. The molecule has 0 saturated heterocycles. The third-order valence-electron chi connectivity index (χ3n) is 6.10. The second kappa shape index (κ2) is 11.9. The quantitative estimate of drug-likeness (QED) is 0.244. The fourth-order valence-corrected chi connectivity index (χ4v) is 4.21. The van der Waals surface area contributed by atoms with Crippen LogP contribution in [0.15, 0.2) is 53.3 Å². The van der Waals surface area contributed by atoms with Crippen molar-refractivity contribution in [3.8, 4) is 34.9 Å². The number of aromatic amines is 1. The fraction of sp³-hybridized carbons (Fsp3) is 0.370. The predicted octanol–water partition coefficient (Wildman–Crippen LogP) is 4.48. The van der Waals surface area contributed by atoms with Gasteiger partial charge in [0.05, 0.1) is 6.54 Å². The molecule has 0 bridgehead atoms. The first-order chi connectivity index (χ1) is 17.2. The Balaban J connectivity index is 1.53. The SMILES string of the molecule is C#CCCc1nn(CCCCCCC)c(=O)n1Cc1ccc(-c2ccccc2-c2nnn[nH]2)cc1. The van der Waals surface area contributed by atoms with E-state index in [1.807, 2.05) is 36.4 Å². The Hall–Kier alpha value is -3.99. The maximum Gasteiger partial charge on any atom is 0.346 e. The summed E-state index contributed by atoms with van der Waals surface area (Å²) in [5.41, 5.74) is 3.96. The van der Waals surface area contributed by atoms with E-state index in [0.29, 0.717) is 31.8 Å². The van der Waals surface area contributed by atoms with Crippen LogP contribution in [0.5, 0.6) is 0 Å². The van der Waals surface area contributed by atoms with Crippen molar-refractivity contribution < 1.29 is 0 Å². The summed E-state index contributed by atoms with van der Waals surface area (Å²) in [5.74, 6) is 4.03. The van der Waals surface area contributed by atoms with Crippen molar-refractivity contribution in [2.24, 2.45) is 0 Å². The highest BCUT2D eigenvalue weighted by molar-refractivity contribution is 5.80. The molecule has 35 heavy (non-hydrogen) atoms. The Morgan fingerprint density at radius 2 is 1.77 bits per heavy atom. The molecule has 0 unspecified atom stereocenters. The van der Waals surface area contributed by atoms with Gasteiger partial charge in [-0.1, -0.05) is 81.1 Å². The molecule has 0 saturated carbocycles. The topological polar surface area (TPSA) is 94.3 Å². The highest BCUT2D eigenvalue weighted by Gasteiger charge is 2.14. The smallest absolute Gasteiger partial charge is 0.274 e. The lowest BCUT2D eigenvalue weighted by molar-refractivity contribution is 0.515. The first kappa shape index (κ1) is 24.1. The average Bonchev–Trinajstić information content (AvgIpc) is 3.53. The molecule has 8 nitrogen and oxygen atoms in total. The van der Waals surface area contributed by atoms with Gasteiger partial charge in [0.2, 0.25) is 0 Å². The summed E-state index contributed by atoms with van der Waals surface area (Å²) in [4.78, 5) is 13.1. The van der Waals surface area contributed by atoms with E-state index < -0.39 is 0 Å². The lowest BCUT2D eigenvalue weighted by atomic mass is 9.98. The molecule has 0 aliphatic heterocycles. The molecule has 0 spiro atoms. The van der Waals surface area contributed by atoms with Gasteiger partial charge in [-0.2, -0.15) is 5.10 Å². The highest BCUT2D eigenvalue weighted by Crippen LogP contribution is 2.29. The predicted molar refractivity (Wildman–Crippen MR) is 137 cm³/mol. The Bertz CT molecular complexity index is 1310. The molecule has 4 rings (SSSR count). The Kier molecular flexibility index (Phi) is 8.23. The number of nitrogens with zero attached hydrogens (tertiary/aromatic N) is 6. The van der Waals surface area contributed by atoms with E-state index in [0.717, 1.165) is 40.9 Å². The van der Waals surface area contributed by atoms with Crippen molar-refractivity contribution in [1.82, 2.24) is 35.0 Å². The van der Waals surface area contributed by atoms with Gasteiger partial charge < -0.3 is 0 Å². The van der Waals surface area contributed by atoms with Gasteiger partial charge in [-0.05, 0) is 33.5 Å². The zero-order chi connectivity index (χ0) is 24.5. The molecule has 0 atom stereocenters. The van der Waals surface area contributed by atoms with Crippen LogP contribution in [0.3, 0.4) is 0 Å². The molecule has 0 radical (unpaired) electrons. The number of H-pyrrole nitrogens is 1. The first-order valence-corrected chi connectivity index (χ1v) is 12.2. The molecule has 1 N–H and O–H groups in total. The molecule has 180 valence electrons. The zero-order valence-corrected chi connectivity index (χ0v) is 20.2. The number of aromatic nitrogens is 7. The number of nitrogens with one attached hydrogen (secondary N) is 1. The van der Waals surface area contributed by atoms with Gasteiger partial charge in [-0.25, -0.2) is 14.6 Å². The molecule has 4 aromatic rings. The van der Waals surface area contributed by atoms with E-state index in [2.05, 4.69) is 50.7 Å². The average molecular weight is 470 g/mol. The van der Waals surface area contributed by atoms with Crippen LogP contribution in [0, 0.1) is 12.3 Å². The number of benzene rings is 2. The minimum atomic E-state index is -0.0697. The summed E-state index contributed by atoms with van der Waals surface area (Å²) in [6.07, 6.45) is 12.3. The molecule has 0 fully saturated rings. The van der Waals surface area contributed by atoms with E-state index in [9.17, 15) is 4.79 Å². The van der Waals surface area contributed by atoms with Crippen molar-refractivity contribution in [3.63, 3.8) is 0 Å². The van der Waals surface area contributed by atoms with Crippen LogP contribution < -0.4 is 5.69 Å². The second-order valence-electron chi connectivity index (χ2n) is 8.62. The van der Waals surface area contributed by atoms with Crippen molar-refractivity contribution >= 4 is 0 Å². The molecule has 2 aromatic carbocycles. The zero-order valence-electron chi connectivity index (χ0n) is 20.2. The van der Waals surface area contributed by atoms with Crippen LogP contribution >= 0.6 is 0 Å². The third kappa shape index (κ3) is 5.93. The van der Waals surface area contributed by atoms with Crippen LogP contribution in [0.2, 0.25) is 0 Å². The number of unbranched alkanes of at least 4 members (excludes halogenated alkanes) is 4. The van der Waals surface area contributed by atoms with Crippen LogP contribution in [0.4, 0.5) is 0 Å². The second-order valence-corrected chi connectivity index (χ2v) is 8.62. The van der Waals surface area contributed by atoms with Gasteiger partial charge in [-0.15, -0.1) is 17.4 Å². The van der Waals surface area contributed by atoms with Crippen molar-refractivity contribution in [3.05, 3.63) is 70.4 Å². The van der Waals surface area contributed by atoms with E-state index in [1.165, 1.54) is 19.3 Å². The summed E-state index contributed by atoms with van der Waals surface area (Å²) in [6, 6.07) is 16.2. The van der Waals surface area contributed by atoms with Crippen molar-refractivity contribution in [2.45, 2.75) is 65.0 Å².